The molecule has 3 heterocycles. The third kappa shape index (κ3) is 44.5. The Morgan fingerprint density at radius 2 is 0.798 bits per heavy atom. The van der Waals surface area contributed by atoms with Crippen molar-refractivity contribution in [2.75, 3.05) is 119 Å². The summed E-state index contributed by atoms with van der Waals surface area (Å²) in [6, 6.07) is 0. The SMILES string of the molecule is CCCCCC=CCC=CCCCCCCCCC1(CCCCCCCCC=CCC=CCCCCC)OC[C@H](CN(CCCCCC(=O)NCCOCCOCCO[C@H]2OC(CO)[C@@H](O)[C@H](O)C2O)CCCCCC(=O)NCCOCCOCCO[C@H]2OC(CO)[C@@H](O)[C@H](O)C2O)O1. The van der Waals surface area contributed by atoms with E-state index in [4.69, 9.17) is 47.4 Å². The zero-order valence-corrected chi connectivity index (χ0v) is 61.2. The van der Waals surface area contributed by atoms with Crippen LogP contribution in [0.1, 0.15) is 232 Å². The van der Waals surface area contributed by atoms with Gasteiger partial charge in [0.1, 0.15) is 48.8 Å². The van der Waals surface area contributed by atoms with Crippen molar-refractivity contribution >= 4 is 11.8 Å². The molecule has 2 amide bonds. The van der Waals surface area contributed by atoms with Gasteiger partial charge in [0, 0.05) is 45.3 Å². The zero-order chi connectivity index (χ0) is 71.5. The summed E-state index contributed by atoms with van der Waals surface area (Å²) in [5.74, 6) is -0.607. The van der Waals surface area contributed by atoms with Crippen molar-refractivity contribution in [3.05, 3.63) is 48.6 Å². The van der Waals surface area contributed by atoms with Crippen molar-refractivity contribution in [2.24, 2.45) is 0 Å². The number of unbranched alkanes of at least 4 members (excludes halogenated alkanes) is 22. The fourth-order valence-electron chi connectivity index (χ4n) is 12.2. The summed E-state index contributed by atoms with van der Waals surface area (Å²) in [5.41, 5.74) is 0. The summed E-state index contributed by atoms with van der Waals surface area (Å²) >= 11 is 0. The van der Waals surface area contributed by atoms with Crippen LogP contribution in [-0.4, -0.2) is 249 Å². The number of aliphatic hydroxyl groups excluding tert-OH is 8. The maximum atomic E-state index is 12.8. The molecule has 23 nitrogen and oxygen atoms in total. The van der Waals surface area contributed by atoms with Crippen LogP contribution in [0.2, 0.25) is 0 Å². The largest absolute Gasteiger partial charge is 0.394 e. The van der Waals surface area contributed by atoms with Crippen molar-refractivity contribution in [2.45, 2.75) is 305 Å². The predicted octanol–water partition coefficient (Wildman–Crippen LogP) is 8.86. The van der Waals surface area contributed by atoms with Gasteiger partial charge in [0.25, 0.3) is 0 Å². The number of amides is 2. The second-order valence-electron chi connectivity index (χ2n) is 26.8. The van der Waals surface area contributed by atoms with Crippen LogP contribution in [0, 0.1) is 0 Å². The molecule has 0 bridgehead atoms. The minimum Gasteiger partial charge on any atom is -0.394 e. The number of carbonyl (C=O) groups is 2. The lowest BCUT2D eigenvalue weighted by atomic mass is 9.98. The fraction of sp³-hybridized carbons (Fsp3) is 0.868. The van der Waals surface area contributed by atoms with Crippen LogP contribution in [0.25, 0.3) is 0 Å². The molecule has 3 rings (SSSR count). The summed E-state index contributed by atoms with van der Waals surface area (Å²) in [7, 11) is 0. The highest BCUT2D eigenvalue weighted by molar-refractivity contribution is 5.76. The second-order valence-corrected chi connectivity index (χ2v) is 26.8. The molecule has 99 heavy (non-hydrogen) atoms. The Morgan fingerprint density at radius 1 is 0.434 bits per heavy atom. The highest BCUT2D eigenvalue weighted by atomic mass is 16.7. The molecular weight excluding hydrogens is 1270 g/mol. The van der Waals surface area contributed by atoms with Gasteiger partial charge in [-0.1, -0.05) is 152 Å². The fourth-order valence-corrected chi connectivity index (χ4v) is 12.2. The Kier molecular flexibility index (Phi) is 56.1. The number of rotatable bonds is 66. The van der Waals surface area contributed by atoms with Crippen LogP contribution < -0.4 is 10.6 Å². The molecule has 3 aliphatic rings. The van der Waals surface area contributed by atoms with Crippen LogP contribution in [0.3, 0.4) is 0 Å². The lowest BCUT2D eigenvalue weighted by molar-refractivity contribution is -0.302. The van der Waals surface area contributed by atoms with Crippen molar-refractivity contribution in [3.63, 3.8) is 0 Å². The van der Waals surface area contributed by atoms with E-state index in [1.54, 1.807) is 0 Å². The molecular formula is C76H139N3O20. The number of aliphatic hydroxyl groups is 8. The van der Waals surface area contributed by atoms with Gasteiger partial charge in [-0.2, -0.15) is 0 Å². The number of allylic oxidation sites excluding steroid dienone is 8. The highest BCUT2D eigenvalue weighted by Crippen LogP contribution is 2.35. The molecule has 578 valence electrons. The second kappa shape index (κ2) is 61.4. The molecule has 0 radical (unpaired) electrons. The van der Waals surface area contributed by atoms with E-state index in [0.29, 0.717) is 59.0 Å². The molecule has 4 unspecified atom stereocenters. The van der Waals surface area contributed by atoms with E-state index in [2.05, 4.69) is 78.0 Å². The molecule has 0 aliphatic carbocycles. The van der Waals surface area contributed by atoms with Crippen LogP contribution in [0.4, 0.5) is 0 Å². The summed E-state index contributed by atoms with van der Waals surface area (Å²) in [6.45, 7) is 9.44. The molecule has 0 spiro atoms. The summed E-state index contributed by atoms with van der Waals surface area (Å²) in [5, 5.41) is 84.7. The summed E-state index contributed by atoms with van der Waals surface area (Å²) in [6.07, 6.45) is 41.9. The quantitative estimate of drug-likeness (QED) is 0.0201. The first-order valence-corrected chi connectivity index (χ1v) is 38.7. The standard InChI is InChI=1S/C76H139N3O20/c1-3-5-7-9-11-13-15-17-19-21-23-25-27-29-31-37-43-76(44-38-32-30-28-26-24-22-20-18-16-14-12-10-8-6-4-2)96-62-63(99-76)59-79(47-39-33-35-41-66(82)77-45-49-90-51-53-92-55-57-94-74-72(88)70(86)68(84)64(60-80)97-74)48-40-34-36-42-67(83)78-46-50-91-52-54-93-56-58-95-75-73(89)71(87)69(85)65(61-81)98-75/h11-14,17-20,63-65,68-75,80-81,84-89H,3-10,15-16,21-62H2,1-2H3,(H,77,82)(H,78,83)/t63-,64?,65?,68+,69+,70-,71-,72?,73?,74-,75-,76?/m0/s1. The zero-order valence-electron chi connectivity index (χ0n) is 61.2. The van der Waals surface area contributed by atoms with E-state index >= 15 is 0 Å². The van der Waals surface area contributed by atoms with E-state index in [1.165, 1.54) is 116 Å². The predicted molar refractivity (Wildman–Crippen MR) is 384 cm³/mol. The first kappa shape index (κ1) is 90.4. The number of hydrogen-bond acceptors (Lipinski definition) is 21. The lowest BCUT2D eigenvalue weighted by Crippen LogP contribution is -2.59. The highest BCUT2D eigenvalue weighted by Gasteiger charge is 2.45. The molecule has 11 atom stereocenters. The molecule has 23 heteroatoms. The minimum absolute atomic E-state index is 0.0235. The van der Waals surface area contributed by atoms with Crippen LogP contribution in [0.5, 0.6) is 0 Å². The third-order valence-electron chi connectivity index (χ3n) is 18.2. The van der Waals surface area contributed by atoms with Gasteiger partial charge in [0.15, 0.2) is 18.4 Å². The van der Waals surface area contributed by atoms with Gasteiger partial charge in [0.05, 0.1) is 92.0 Å². The van der Waals surface area contributed by atoms with Crippen molar-refractivity contribution in [3.8, 4) is 0 Å². The van der Waals surface area contributed by atoms with Gasteiger partial charge in [0.2, 0.25) is 11.8 Å². The van der Waals surface area contributed by atoms with Gasteiger partial charge in [-0.25, -0.2) is 0 Å². The van der Waals surface area contributed by atoms with Crippen molar-refractivity contribution in [1.82, 2.24) is 15.5 Å². The lowest BCUT2D eigenvalue weighted by Gasteiger charge is -2.39. The van der Waals surface area contributed by atoms with Crippen LogP contribution in [-0.2, 0) is 57.0 Å². The Bertz CT molecular complexity index is 1900. The molecule has 3 saturated heterocycles. The Morgan fingerprint density at radius 3 is 1.20 bits per heavy atom. The topological polar surface area (TPSA) is 316 Å². The van der Waals surface area contributed by atoms with Crippen molar-refractivity contribution < 1.29 is 97.8 Å². The van der Waals surface area contributed by atoms with Gasteiger partial charge in [-0.15, -0.1) is 0 Å². The normalized spacial score (nSPS) is 24.5. The van der Waals surface area contributed by atoms with Gasteiger partial charge < -0.3 is 104 Å². The molecule has 0 saturated carbocycles. The molecule has 3 aliphatic heterocycles. The summed E-state index contributed by atoms with van der Waals surface area (Å²) in [4.78, 5) is 28.1. The first-order chi connectivity index (χ1) is 48.4. The molecule has 0 aromatic heterocycles. The minimum atomic E-state index is -1.51. The van der Waals surface area contributed by atoms with E-state index in [1.807, 2.05) is 0 Å². The van der Waals surface area contributed by atoms with Gasteiger partial charge in [-0.05, 0) is 116 Å². The maximum absolute atomic E-state index is 12.8. The monoisotopic (exact) mass is 1410 g/mol. The Hall–Kier alpha value is -2.86. The molecule has 0 aromatic rings. The third-order valence-corrected chi connectivity index (χ3v) is 18.2. The first-order valence-electron chi connectivity index (χ1n) is 38.7. The average Bonchev–Trinajstić information content (AvgIpc) is 1.41. The summed E-state index contributed by atoms with van der Waals surface area (Å²) < 4.78 is 57.7. The van der Waals surface area contributed by atoms with E-state index in [9.17, 15) is 50.4 Å². The number of nitrogens with one attached hydrogen (secondary N) is 2. The Balaban J connectivity index is 1.44. The van der Waals surface area contributed by atoms with Crippen molar-refractivity contribution in [1.29, 1.82) is 0 Å². The smallest absolute Gasteiger partial charge is 0.220 e. The van der Waals surface area contributed by atoms with Gasteiger partial charge >= 0.3 is 0 Å². The van der Waals surface area contributed by atoms with E-state index < -0.39 is 80.4 Å². The molecule has 0 aromatic carbocycles. The van der Waals surface area contributed by atoms with Crippen LogP contribution in [0.15, 0.2) is 48.6 Å². The van der Waals surface area contributed by atoms with Crippen LogP contribution >= 0.6 is 0 Å². The maximum Gasteiger partial charge on any atom is 0.220 e. The Labute approximate surface area is 595 Å². The molecule has 3 fully saturated rings. The average molecular weight is 1410 g/mol. The van der Waals surface area contributed by atoms with E-state index in [-0.39, 0.29) is 57.6 Å². The van der Waals surface area contributed by atoms with E-state index in [0.717, 1.165) is 110 Å². The van der Waals surface area contributed by atoms with Gasteiger partial charge in [-0.3, -0.25) is 9.59 Å². The number of carbonyl (C=O) groups excluding carboxylic acids is 2. The molecule has 10 N–H and O–H groups in total. The number of nitrogens with zero attached hydrogens (tertiary/aromatic N) is 1. The number of ether oxygens (including phenoxy) is 10. The number of hydrogen-bond donors (Lipinski definition) is 10.